The number of benzene rings is 3. The van der Waals surface area contributed by atoms with Crippen LogP contribution in [0.3, 0.4) is 0 Å². The highest BCUT2D eigenvalue weighted by molar-refractivity contribution is 6.06. The van der Waals surface area contributed by atoms with Crippen LogP contribution in [0.2, 0.25) is 0 Å². The Morgan fingerprint density at radius 3 is 1.78 bits per heavy atom. The van der Waals surface area contributed by atoms with Gasteiger partial charge in [0.25, 0.3) is 5.79 Å². The third-order valence-corrected chi connectivity index (χ3v) is 4.51. The Morgan fingerprint density at radius 2 is 1.13 bits per heavy atom. The van der Waals surface area contributed by atoms with Crippen LogP contribution in [0.4, 0.5) is 0 Å². The van der Waals surface area contributed by atoms with E-state index in [0.29, 0.717) is 0 Å². The molecule has 0 unspecified atom stereocenters. The van der Waals surface area contributed by atoms with Crippen molar-refractivity contribution in [2.45, 2.75) is 5.79 Å². The van der Waals surface area contributed by atoms with Gasteiger partial charge in [-0.3, -0.25) is 0 Å². The lowest BCUT2D eigenvalue weighted by molar-refractivity contribution is 0.0850. The number of rotatable bonds is 2. The molecular formula is C21H14O2. The summed E-state index contributed by atoms with van der Waals surface area (Å²) in [5.74, 6) is -0.747. The molecule has 0 saturated carbocycles. The maximum atomic E-state index is 5.54. The minimum atomic E-state index is -0.747. The smallest absolute Gasteiger partial charge is 0.184 e. The van der Waals surface area contributed by atoms with Gasteiger partial charge < -0.3 is 0 Å². The molecule has 0 bridgehead atoms. The molecule has 2 heteroatoms. The summed E-state index contributed by atoms with van der Waals surface area (Å²) in [6, 6.07) is 29.1. The lowest BCUT2D eigenvalue weighted by Gasteiger charge is -2.10. The van der Waals surface area contributed by atoms with Crippen LogP contribution in [0.25, 0.3) is 11.1 Å². The third kappa shape index (κ3) is 1.76. The maximum absolute atomic E-state index is 5.54. The van der Waals surface area contributed by atoms with Crippen molar-refractivity contribution < 1.29 is 9.78 Å². The van der Waals surface area contributed by atoms with E-state index in [1.54, 1.807) is 0 Å². The molecule has 1 saturated heterocycles. The van der Waals surface area contributed by atoms with E-state index in [4.69, 9.17) is 9.78 Å². The van der Waals surface area contributed by atoms with E-state index in [-0.39, 0.29) is 0 Å². The molecule has 0 N–H and O–H groups in total. The second-order valence-electron chi connectivity index (χ2n) is 5.81. The van der Waals surface area contributed by atoms with Crippen molar-refractivity contribution >= 4 is 11.1 Å². The number of hydrogen-bond acceptors (Lipinski definition) is 2. The van der Waals surface area contributed by atoms with E-state index in [0.717, 1.165) is 16.7 Å². The second-order valence-corrected chi connectivity index (χ2v) is 5.81. The molecule has 2 aliphatic rings. The first-order chi connectivity index (χ1) is 11.4. The molecule has 5 rings (SSSR count). The van der Waals surface area contributed by atoms with Gasteiger partial charge in [0, 0.05) is 11.1 Å². The fraction of sp³-hybridized carbons (Fsp3) is 0.0476. The molecule has 0 radical (unpaired) electrons. The second kappa shape index (κ2) is 4.66. The van der Waals surface area contributed by atoms with E-state index in [2.05, 4.69) is 54.6 Å². The first-order valence-corrected chi connectivity index (χ1v) is 7.72. The largest absolute Gasteiger partial charge is 0.286 e. The van der Waals surface area contributed by atoms with Crippen molar-refractivity contribution in [3.05, 3.63) is 107 Å². The zero-order valence-electron chi connectivity index (χ0n) is 12.4. The fourth-order valence-corrected chi connectivity index (χ4v) is 3.48. The molecule has 1 aliphatic carbocycles. The predicted molar refractivity (Wildman–Crippen MR) is 89.1 cm³/mol. The molecule has 1 heterocycles. The summed E-state index contributed by atoms with van der Waals surface area (Å²) in [5.41, 5.74) is 6.83. The maximum Gasteiger partial charge on any atom is 0.286 e. The normalized spacial score (nSPS) is 17.4. The van der Waals surface area contributed by atoms with Gasteiger partial charge >= 0.3 is 0 Å². The minimum absolute atomic E-state index is 0.747. The molecular weight excluding hydrogens is 284 g/mol. The summed E-state index contributed by atoms with van der Waals surface area (Å²) in [7, 11) is 0. The Balaban J connectivity index is 1.86. The van der Waals surface area contributed by atoms with Gasteiger partial charge in [-0.05, 0) is 22.3 Å². The molecule has 3 aromatic rings. The Kier molecular flexibility index (Phi) is 2.60. The van der Waals surface area contributed by atoms with Crippen LogP contribution in [0.15, 0.2) is 84.9 Å². The van der Waals surface area contributed by atoms with Gasteiger partial charge in [0.05, 0.1) is 0 Å². The van der Waals surface area contributed by atoms with Gasteiger partial charge in [0.15, 0.2) is 0 Å². The first-order valence-electron chi connectivity index (χ1n) is 7.72. The fourth-order valence-electron chi connectivity index (χ4n) is 3.48. The van der Waals surface area contributed by atoms with E-state index >= 15 is 0 Å². The SMILES string of the molecule is c1ccc(C2=C(c3ccccc3)C3(OO3)c3ccccc32)cc1. The topological polar surface area (TPSA) is 25.1 Å². The number of hydrogen-bond donors (Lipinski definition) is 0. The molecule has 1 fully saturated rings. The van der Waals surface area contributed by atoms with Crippen molar-refractivity contribution in [1.29, 1.82) is 0 Å². The zero-order chi connectivity index (χ0) is 15.3. The van der Waals surface area contributed by atoms with Crippen LogP contribution in [-0.2, 0) is 15.6 Å². The van der Waals surface area contributed by atoms with Crippen LogP contribution in [-0.4, -0.2) is 0 Å². The summed E-state index contributed by atoms with van der Waals surface area (Å²) < 4.78 is 0. The van der Waals surface area contributed by atoms with Gasteiger partial charge in [0.2, 0.25) is 0 Å². The molecule has 1 spiro atoms. The van der Waals surface area contributed by atoms with Crippen LogP contribution in [0.1, 0.15) is 22.3 Å². The predicted octanol–water partition coefficient (Wildman–Crippen LogP) is 4.77. The van der Waals surface area contributed by atoms with Crippen molar-refractivity contribution in [1.82, 2.24) is 0 Å². The molecule has 0 aromatic heterocycles. The van der Waals surface area contributed by atoms with Gasteiger partial charge in [-0.1, -0.05) is 84.9 Å². The monoisotopic (exact) mass is 298 g/mol. The Hall–Kier alpha value is -2.68. The average molecular weight is 298 g/mol. The Morgan fingerprint density at radius 1 is 0.565 bits per heavy atom. The average Bonchev–Trinajstić information content (AvgIpc) is 3.36. The molecule has 110 valence electrons. The van der Waals surface area contributed by atoms with Crippen molar-refractivity contribution in [2.75, 3.05) is 0 Å². The quantitative estimate of drug-likeness (QED) is 0.503. The highest BCUT2D eigenvalue weighted by atomic mass is 17.4. The van der Waals surface area contributed by atoms with Crippen LogP contribution in [0.5, 0.6) is 0 Å². The molecule has 2 nitrogen and oxygen atoms in total. The van der Waals surface area contributed by atoms with Gasteiger partial charge in [-0.15, -0.1) is 0 Å². The Bertz CT molecular complexity index is 907. The van der Waals surface area contributed by atoms with E-state index in [9.17, 15) is 0 Å². The molecule has 0 atom stereocenters. The van der Waals surface area contributed by atoms with Crippen molar-refractivity contribution in [3.8, 4) is 0 Å². The Labute approximate surface area is 134 Å². The summed E-state index contributed by atoms with van der Waals surface area (Å²) in [6.45, 7) is 0. The standard InChI is InChI=1S/C21H14O2/c1-3-9-15(10-4-1)19-17-13-7-8-14-18(17)21(22-23-21)20(19)16-11-5-2-6-12-16/h1-14H. The summed E-state index contributed by atoms with van der Waals surface area (Å²) in [4.78, 5) is 11.1. The minimum Gasteiger partial charge on any atom is -0.184 e. The van der Waals surface area contributed by atoms with Gasteiger partial charge in [-0.2, -0.15) is 9.78 Å². The highest BCUT2D eigenvalue weighted by Crippen LogP contribution is 2.61. The van der Waals surface area contributed by atoms with E-state index in [1.165, 1.54) is 16.7 Å². The lowest BCUT2D eigenvalue weighted by atomic mass is 9.93. The molecule has 3 aromatic carbocycles. The van der Waals surface area contributed by atoms with Crippen LogP contribution in [0, 0.1) is 0 Å². The van der Waals surface area contributed by atoms with Crippen molar-refractivity contribution in [2.24, 2.45) is 0 Å². The van der Waals surface area contributed by atoms with Crippen LogP contribution < -0.4 is 0 Å². The lowest BCUT2D eigenvalue weighted by Crippen LogP contribution is -2.07. The van der Waals surface area contributed by atoms with Crippen molar-refractivity contribution in [3.63, 3.8) is 0 Å². The van der Waals surface area contributed by atoms with Gasteiger partial charge in [0.1, 0.15) is 0 Å². The zero-order valence-corrected chi connectivity index (χ0v) is 12.4. The first kappa shape index (κ1) is 12.8. The van der Waals surface area contributed by atoms with Gasteiger partial charge in [-0.25, -0.2) is 0 Å². The number of fused-ring (bicyclic) bond motifs is 2. The van der Waals surface area contributed by atoms with E-state index in [1.807, 2.05) is 30.3 Å². The van der Waals surface area contributed by atoms with Crippen LogP contribution >= 0.6 is 0 Å². The molecule has 1 aliphatic heterocycles. The molecule has 0 amide bonds. The molecule has 23 heavy (non-hydrogen) atoms. The highest BCUT2D eigenvalue weighted by Gasteiger charge is 2.60. The summed E-state index contributed by atoms with van der Waals surface area (Å²) in [6.07, 6.45) is 0. The summed E-state index contributed by atoms with van der Waals surface area (Å²) >= 11 is 0. The van der Waals surface area contributed by atoms with E-state index < -0.39 is 5.79 Å². The third-order valence-electron chi connectivity index (χ3n) is 4.51. The summed E-state index contributed by atoms with van der Waals surface area (Å²) in [5, 5.41) is 0.